The Kier molecular flexibility index (Phi) is 3.84. The number of rotatable bonds is 2. The molecule has 1 aromatic rings. The molecule has 1 unspecified atom stereocenters. The van der Waals surface area contributed by atoms with Crippen molar-refractivity contribution in [3.63, 3.8) is 0 Å². The second-order valence-electron chi connectivity index (χ2n) is 3.38. The number of fused-ring (bicyclic) bond motifs is 1. The molecule has 1 aromatic carbocycles. The van der Waals surface area contributed by atoms with Crippen LogP contribution in [0.25, 0.3) is 6.08 Å². The maximum atomic E-state index is 2.33. The molecule has 0 nitrogen and oxygen atoms in total. The summed E-state index contributed by atoms with van der Waals surface area (Å²) in [7, 11) is 0. The van der Waals surface area contributed by atoms with Crippen LogP contribution in [-0.4, -0.2) is 18.9 Å². The van der Waals surface area contributed by atoms with E-state index in [4.69, 9.17) is 0 Å². The zero-order chi connectivity index (χ0) is 8.39. The maximum Gasteiger partial charge on any atom is 0.00271 e. The van der Waals surface area contributed by atoms with Gasteiger partial charge < -0.3 is 0 Å². The van der Waals surface area contributed by atoms with Gasteiger partial charge in [-0.15, -0.1) is 0 Å². The Bertz CT molecular complexity index is 302. The SMILES string of the molecule is CCCC1C=Cc2ccccc21.[Li]. The molecule has 1 heteroatoms. The van der Waals surface area contributed by atoms with E-state index in [-0.39, 0.29) is 18.9 Å². The molecule has 0 aliphatic heterocycles. The Morgan fingerprint density at radius 3 is 2.77 bits per heavy atom. The van der Waals surface area contributed by atoms with Crippen molar-refractivity contribution < 1.29 is 0 Å². The van der Waals surface area contributed by atoms with Gasteiger partial charge in [-0.05, 0) is 17.5 Å². The van der Waals surface area contributed by atoms with E-state index in [1.807, 2.05) is 0 Å². The van der Waals surface area contributed by atoms with Crippen LogP contribution in [0.1, 0.15) is 36.8 Å². The van der Waals surface area contributed by atoms with Gasteiger partial charge in [0.15, 0.2) is 0 Å². The van der Waals surface area contributed by atoms with Gasteiger partial charge in [0.2, 0.25) is 0 Å². The second-order valence-corrected chi connectivity index (χ2v) is 3.38. The largest absolute Gasteiger partial charge is 0.0764 e. The van der Waals surface area contributed by atoms with Crippen molar-refractivity contribution in [2.45, 2.75) is 25.7 Å². The zero-order valence-corrected chi connectivity index (χ0v) is 8.46. The Labute approximate surface area is 92.2 Å². The number of hydrogen-bond acceptors (Lipinski definition) is 0. The first-order valence-electron chi connectivity index (χ1n) is 4.69. The Balaban J connectivity index is 0.000000845. The molecule has 0 bridgehead atoms. The van der Waals surface area contributed by atoms with E-state index in [1.165, 1.54) is 24.0 Å². The molecular weight excluding hydrogens is 151 g/mol. The Morgan fingerprint density at radius 1 is 1.23 bits per heavy atom. The van der Waals surface area contributed by atoms with Crippen molar-refractivity contribution >= 4 is 24.9 Å². The average molecular weight is 165 g/mol. The third-order valence-electron chi connectivity index (χ3n) is 2.50. The van der Waals surface area contributed by atoms with E-state index in [1.54, 1.807) is 0 Å². The third-order valence-corrected chi connectivity index (χ3v) is 2.50. The van der Waals surface area contributed by atoms with Crippen molar-refractivity contribution in [1.29, 1.82) is 0 Å². The quantitative estimate of drug-likeness (QED) is 0.590. The predicted octanol–water partition coefficient (Wildman–Crippen LogP) is 3.22. The van der Waals surface area contributed by atoms with Crippen LogP contribution in [0.2, 0.25) is 0 Å². The summed E-state index contributed by atoms with van der Waals surface area (Å²) in [6.45, 7) is 2.24. The fourth-order valence-corrected chi connectivity index (χ4v) is 1.89. The minimum Gasteiger partial charge on any atom is -0.0764 e. The third kappa shape index (κ3) is 2.07. The van der Waals surface area contributed by atoms with E-state index in [2.05, 4.69) is 43.3 Å². The maximum absolute atomic E-state index is 2.33. The van der Waals surface area contributed by atoms with Crippen LogP contribution in [0.5, 0.6) is 0 Å². The minimum absolute atomic E-state index is 0. The van der Waals surface area contributed by atoms with E-state index in [0.717, 1.165) is 0 Å². The van der Waals surface area contributed by atoms with Gasteiger partial charge in [-0.2, -0.15) is 0 Å². The zero-order valence-electron chi connectivity index (χ0n) is 8.46. The molecule has 13 heavy (non-hydrogen) atoms. The van der Waals surface area contributed by atoms with Crippen LogP contribution >= 0.6 is 0 Å². The van der Waals surface area contributed by atoms with Gasteiger partial charge in [0.05, 0.1) is 0 Å². The van der Waals surface area contributed by atoms with Gasteiger partial charge in [-0.3, -0.25) is 0 Å². The molecule has 2 rings (SSSR count). The summed E-state index contributed by atoms with van der Waals surface area (Å²) in [5, 5.41) is 0. The minimum atomic E-state index is 0. The van der Waals surface area contributed by atoms with Crippen molar-refractivity contribution in [2.24, 2.45) is 0 Å². The molecule has 0 amide bonds. The van der Waals surface area contributed by atoms with Gasteiger partial charge in [-0.1, -0.05) is 49.8 Å². The second kappa shape index (κ2) is 4.70. The first-order chi connectivity index (χ1) is 5.92. The predicted molar refractivity (Wildman–Crippen MR) is 58.9 cm³/mol. The summed E-state index contributed by atoms with van der Waals surface area (Å²) in [6, 6.07) is 8.68. The Hall–Kier alpha value is -0.443. The summed E-state index contributed by atoms with van der Waals surface area (Å²) >= 11 is 0. The molecule has 0 spiro atoms. The van der Waals surface area contributed by atoms with Gasteiger partial charge in [0.1, 0.15) is 0 Å². The topological polar surface area (TPSA) is 0 Å². The van der Waals surface area contributed by atoms with Crippen molar-refractivity contribution in [3.8, 4) is 0 Å². The van der Waals surface area contributed by atoms with E-state index < -0.39 is 0 Å². The molecule has 1 atom stereocenters. The molecule has 0 heterocycles. The van der Waals surface area contributed by atoms with Crippen LogP contribution in [-0.2, 0) is 0 Å². The summed E-state index contributed by atoms with van der Waals surface area (Å²) < 4.78 is 0. The van der Waals surface area contributed by atoms with Crippen molar-refractivity contribution in [3.05, 3.63) is 41.5 Å². The number of allylic oxidation sites excluding steroid dienone is 1. The number of hydrogen-bond donors (Lipinski definition) is 0. The van der Waals surface area contributed by atoms with Gasteiger partial charge >= 0.3 is 0 Å². The Morgan fingerprint density at radius 2 is 2.00 bits per heavy atom. The number of benzene rings is 1. The molecule has 1 radical (unpaired) electrons. The summed E-state index contributed by atoms with van der Waals surface area (Å²) in [4.78, 5) is 0. The van der Waals surface area contributed by atoms with E-state index in [0.29, 0.717) is 5.92 Å². The normalized spacial score (nSPS) is 18.1. The van der Waals surface area contributed by atoms with Gasteiger partial charge in [0, 0.05) is 24.8 Å². The average Bonchev–Trinajstić information content (AvgIpc) is 2.50. The van der Waals surface area contributed by atoms with E-state index >= 15 is 0 Å². The van der Waals surface area contributed by atoms with Crippen molar-refractivity contribution in [2.75, 3.05) is 0 Å². The molecular formula is C12H14Li. The summed E-state index contributed by atoms with van der Waals surface area (Å²) in [6.07, 6.45) is 7.13. The fraction of sp³-hybridized carbons (Fsp3) is 0.333. The first-order valence-corrected chi connectivity index (χ1v) is 4.69. The molecule has 0 fully saturated rings. The summed E-state index contributed by atoms with van der Waals surface area (Å²) in [5.74, 6) is 0.686. The monoisotopic (exact) mass is 165 g/mol. The molecule has 0 aromatic heterocycles. The van der Waals surface area contributed by atoms with Gasteiger partial charge in [0.25, 0.3) is 0 Å². The van der Waals surface area contributed by atoms with E-state index in [9.17, 15) is 0 Å². The van der Waals surface area contributed by atoms with Gasteiger partial charge in [-0.25, -0.2) is 0 Å². The molecule has 0 N–H and O–H groups in total. The molecule has 1 aliphatic carbocycles. The van der Waals surface area contributed by atoms with Crippen LogP contribution in [0.15, 0.2) is 30.3 Å². The molecule has 0 saturated heterocycles. The molecule has 0 saturated carbocycles. The summed E-state index contributed by atoms with van der Waals surface area (Å²) in [5.41, 5.74) is 2.93. The van der Waals surface area contributed by atoms with Crippen LogP contribution in [0.3, 0.4) is 0 Å². The van der Waals surface area contributed by atoms with Crippen LogP contribution in [0.4, 0.5) is 0 Å². The molecule has 1 aliphatic rings. The molecule has 63 valence electrons. The fourth-order valence-electron chi connectivity index (χ4n) is 1.89. The van der Waals surface area contributed by atoms with Crippen LogP contribution < -0.4 is 0 Å². The standard InChI is InChI=1S/C12H14.Li/c1-2-5-10-8-9-11-6-3-4-7-12(10)11;/h3-4,6-10H,2,5H2,1H3;. The van der Waals surface area contributed by atoms with Crippen molar-refractivity contribution in [1.82, 2.24) is 0 Å². The van der Waals surface area contributed by atoms with Crippen LogP contribution in [0, 0.1) is 0 Å². The first kappa shape index (κ1) is 10.6. The smallest absolute Gasteiger partial charge is 0.00271 e.